The number of carbonyl (C=O) groups is 2. The van der Waals surface area contributed by atoms with Gasteiger partial charge in [-0.3, -0.25) is 14.5 Å². The number of anilines is 1. The molecule has 5 nitrogen and oxygen atoms in total. The normalized spacial score (nSPS) is 16.2. The molecule has 0 heterocycles. The lowest BCUT2D eigenvalue weighted by Gasteiger charge is -2.25. The molecule has 132 valence electrons. The molecule has 0 bridgehead atoms. The topological polar surface area (TPSA) is 61.4 Å². The molecular weight excluding hydrogens is 349 g/mol. The zero-order valence-electron chi connectivity index (χ0n) is 13.9. The van der Waals surface area contributed by atoms with Crippen LogP contribution in [-0.4, -0.2) is 42.4 Å². The van der Waals surface area contributed by atoms with Gasteiger partial charge in [0.2, 0.25) is 11.8 Å². The molecule has 2 rings (SSSR count). The van der Waals surface area contributed by atoms with Crippen molar-refractivity contribution in [1.82, 2.24) is 10.2 Å². The van der Waals surface area contributed by atoms with Crippen LogP contribution in [0.2, 0.25) is 10.0 Å². The molecule has 24 heavy (non-hydrogen) atoms. The average molecular weight is 372 g/mol. The first-order valence-electron chi connectivity index (χ1n) is 8.12. The quantitative estimate of drug-likeness (QED) is 0.806. The summed E-state index contributed by atoms with van der Waals surface area (Å²) in [4.78, 5) is 26.1. The summed E-state index contributed by atoms with van der Waals surface area (Å²) < 4.78 is 0. The number of likely N-dealkylation sites (N-methyl/N-ethyl adjacent to an activating group) is 1. The molecule has 1 aromatic rings. The first-order chi connectivity index (χ1) is 11.4. The largest absolute Gasteiger partial charge is 0.352 e. The number of amides is 2. The van der Waals surface area contributed by atoms with E-state index in [0.29, 0.717) is 15.7 Å². The maximum absolute atomic E-state index is 12.2. The van der Waals surface area contributed by atoms with E-state index in [1.165, 1.54) is 12.8 Å². The van der Waals surface area contributed by atoms with Gasteiger partial charge in [-0.15, -0.1) is 0 Å². The molecule has 0 saturated heterocycles. The minimum atomic E-state index is -0.370. The molecular formula is C17H23Cl2N3O2. The molecule has 2 N–H and O–H groups in total. The fourth-order valence-corrected chi connectivity index (χ4v) is 3.03. The zero-order chi connectivity index (χ0) is 17.7. The van der Waals surface area contributed by atoms with Crippen LogP contribution >= 0.6 is 23.2 Å². The van der Waals surface area contributed by atoms with Crippen LogP contribution in [0.4, 0.5) is 5.69 Å². The minimum Gasteiger partial charge on any atom is -0.352 e. The highest BCUT2D eigenvalue weighted by Crippen LogP contribution is 2.25. The molecule has 0 aliphatic heterocycles. The number of nitrogens with zero attached hydrogens (tertiary/aromatic N) is 1. The Morgan fingerprint density at radius 1 is 1.25 bits per heavy atom. The second kappa shape index (κ2) is 8.70. The lowest BCUT2D eigenvalue weighted by Crippen LogP contribution is -2.48. The number of nitrogens with one attached hydrogen (secondary N) is 2. The van der Waals surface area contributed by atoms with E-state index in [-0.39, 0.29) is 30.4 Å². The van der Waals surface area contributed by atoms with Gasteiger partial charge in [-0.1, -0.05) is 36.0 Å². The number of hydrogen-bond donors (Lipinski definition) is 2. The Hall–Kier alpha value is -1.30. The van der Waals surface area contributed by atoms with Gasteiger partial charge in [0.1, 0.15) is 0 Å². The van der Waals surface area contributed by atoms with E-state index in [1.807, 2.05) is 0 Å². The molecule has 1 aliphatic rings. The summed E-state index contributed by atoms with van der Waals surface area (Å²) in [5.41, 5.74) is 0.575. The van der Waals surface area contributed by atoms with E-state index < -0.39 is 0 Å². The monoisotopic (exact) mass is 371 g/mol. The first-order valence-corrected chi connectivity index (χ1v) is 8.88. The van der Waals surface area contributed by atoms with Crippen LogP contribution < -0.4 is 10.6 Å². The van der Waals surface area contributed by atoms with E-state index in [0.717, 1.165) is 12.8 Å². The van der Waals surface area contributed by atoms with Crippen molar-refractivity contribution in [3.8, 4) is 0 Å². The fourth-order valence-electron chi connectivity index (χ4n) is 2.73. The Morgan fingerprint density at radius 3 is 2.54 bits per heavy atom. The van der Waals surface area contributed by atoms with Crippen LogP contribution in [-0.2, 0) is 9.59 Å². The molecule has 1 saturated carbocycles. The molecule has 0 spiro atoms. The molecule has 0 radical (unpaired) electrons. The van der Waals surface area contributed by atoms with Gasteiger partial charge in [0.25, 0.3) is 0 Å². The Kier molecular flexibility index (Phi) is 6.90. The number of rotatable bonds is 6. The highest BCUT2D eigenvalue weighted by molar-refractivity contribution is 6.42. The Balaban J connectivity index is 1.83. The van der Waals surface area contributed by atoms with Gasteiger partial charge >= 0.3 is 0 Å². The third kappa shape index (κ3) is 5.36. The lowest BCUT2D eigenvalue weighted by molar-refractivity contribution is -0.127. The maximum Gasteiger partial charge on any atom is 0.238 e. The van der Waals surface area contributed by atoms with Crippen LogP contribution in [0.5, 0.6) is 0 Å². The summed E-state index contributed by atoms with van der Waals surface area (Å²) in [5.74, 6) is -0.247. The second-order valence-corrected chi connectivity index (χ2v) is 7.07. The Labute approximate surface area is 152 Å². The fraction of sp³-hybridized carbons (Fsp3) is 0.529. The van der Waals surface area contributed by atoms with Crippen molar-refractivity contribution < 1.29 is 9.59 Å². The number of benzene rings is 1. The average Bonchev–Trinajstić information content (AvgIpc) is 3.02. The summed E-state index contributed by atoms with van der Waals surface area (Å²) in [6.07, 6.45) is 4.42. The Bertz CT molecular complexity index is 603. The van der Waals surface area contributed by atoms with Gasteiger partial charge in [-0.2, -0.15) is 0 Å². The van der Waals surface area contributed by atoms with Crippen molar-refractivity contribution >= 4 is 40.7 Å². The Morgan fingerprint density at radius 2 is 1.92 bits per heavy atom. The molecule has 1 aromatic carbocycles. The second-order valence-electron chi connectivity index (χ2n) is 6.26. The molecule has 1 fully saturated rings. The number of hydrogen-bond acceptors (Lipinski definition) is 3. The highest BCUT2D eigenvalue weighted by Gasteiger charge is 2.24. The van der Waals surface area contributed by atoms with Crippen LogP contribution in [0, 0.1) is 0 Å². The van der Waals surface area contributed by atoms with Gasteiger partial charge < -0.3 is 10.6 Å². The van der Waals surface area contributed by atoms with Crippen molar-refractivity contribution in [1.29, 1.82) is 0 Å². The van der Waals surface area contributed by atoms with Gasteiger partial charge in [0.05, 0.1) is 22.6 Å². The molecule has 0 aromatic heterocycles. The number of carbonyl (C=O) groups excluding carboxylic acids is 2. The first kappa shape index (κ1) is 19.0. The van der Waals surface area contributed by atoms with Gasteiger partial charge in [-0.25, -0.2) is 0 Å². The van der Waals surface area contributed by atoms with Crippen molar-refractivity contribution in [2.24, 2.45) is 0 Å². The van der Waals surface area contributed by atoms with Gasteiger partial charge in [-0.05, 0) is 45.0 Å². The maximum atomic E-state index is 12.2. The highest BCUT2D eigenvalue weighted by atomic mass is 35.5. The lowest BCUT2D eigenvalue weighted by atomic mass is 10.2. The molecule has 1 aliphatic carbocycles. The summed E-state index contributed by atoms with van der Waals surface area (Å²) in [6, 6.07) is 4.81. The summed E-state index contributed by atoms with van der Waals surface area (Å²) in [7, 11) is 1.76. The smallest absolute Gasteiger partial charge is 0.238 e. The van der Waals surface area contributed by atoms with E-state index in [2.05, 4.69) is 10.6 Å². The molecule has 0 unspecified atom stereocenters. The van der Waals surface area contributed by atoms with Crippen LogP contribution in [0.15, 0.2) is 18.2 Å². The van der Waals surface area contributed by atoms with E-state index >= 15 is 0 Å². The standard InChI is InChI=1S/C17H23Cl2N3O2/c1-11(17(24)21-12-5-3-4-6-12)22(2)10-16(23)20-13-7-8-14(18)15(19)9-13/h7-9,11-12H,3-6,10H2,1-2H3,(H,20,23)(H,21,24)/t11-/m1/s1. The summed E-state index contributed by atoms with van der Waals surface area (Å²) in [6.45, 7) is 1.91. The van der Waals surface area contributed by atoms with Crippen molar-refractivity contribution in [3.05, 3.63) is 28.2 Å². The third-order valence-corrected chi connectivity index (χ3v) is 5.08. The molecule has 2 amide bonds. The zero-order valence-corrected chi connectivity index (χ0v) is 15.5. The molecule has 7 heteroatoms. The predicted molar refractivity (Wildman–Crippen MR) is 97.6 cm³/mol. The predicted octanol–water partition coefficient (Wildman–Crippen LogP) is 3.31. The van der Waals surface area contributed by atoms with E-state index in [9.17, 15) is 9.59 Å². The van der Waals surface area contributed by atoms with E-state index in [4.69, 9.17) is 23.2 Å². The van der Waals surface area contributed by atoms with Crippen LogP contribution in [0.3, 0.4) is 0 Å². The van der Waals surface area contributed by atoms with Gasteiger partial charge in [0.15, 0.2) is 0 Å². The number of halogens is 2. The van der Waals surface area contributed by atoms with E-state index in [1.54, 1.807) is 37.1 Å². The van der Waals surface area contributed by atoms with Crippen molar-refractivity contribution in [2.45, 2.75) is 44.7 Å². The van der Waals surface area contributed by atoms with Crippen LogP contribution in [0.25, 0.3) is 0 Å². The van der Waals surface area contributed by atoms with Gasteiger partial charge in [0, 0.05) is 11.7 Å². The molecule has 1 atom stereocenters. The summed E-state index contributed by atoms with van der Waals surface area (Å²) >= 11 is 11.8. The van der Waals surface area contributed by atoms with Crippen LogP contribution in [0.1, 0.15) is 32.6 Å². The SMILES string of the molecule is C[C@H](C(=O)NC1CCCC1)N(C)CC(=O)Nc1ccc(Cl)c(Cl)c1. The minimum absolute atomic E-state index is 0.0354. The van der Waals surface area contributed by atoms with Crippen molar-refractivity contribution in [2.75, 3.05) is 18.9 Å². The van der Waals surface area contributed by atoms with Crippen molar-refractivity contribution in [3.63, 3.8) is 0 Å². The summed E-state index contributed by atoms with van der Waals surface area (Å²) in [5, 5.41) is 6.62. The third-order valence-electron chi connectivity index (χ3n) is 4.34.